The summed E-state index contributed by atoms with van der Waals surface area (Å²) >= 11 is 1.46. The molecular weight excluding hydrogens is 180 g/mol. The lowest BCUT2D eigenvalue weighted by Crippen LogP contribution is -2.16. The molecule has 0 bridgehead atoms. The second-order valence-electron chi connectivity index (χ2n) is 0.842. The van der Waals surface area contributed by atoms with Gasteiger partial charge in [0.2, 0.25) is 0 Å². The van der Waals surface area contributed by atoms with Gasteiger partial charge in [-0.2, -0.15) is 8.78 Å². The Morgan fingerprint density at radius 2 is 1.43 bits per heavy atom. The number of halogens is 5. The molecule has 0 fully saturated rings. The van der Waals surface area contributed by atoms with Gasteiger partial charge in [-0.15, -0.1) is 0 Å². The zero-order chi connectivity index (χ0) is 6.08. The Morgan fingerprint density at radius 3 is 1.43 bits per heavy atom. The molecule has 0 aromatic carbocycles. The normalized spacial score (nSPS) is 12.9. The maximum Gasteiger partial charge on any atom is 0.360 e. The zero-order valence-corrected chi connectivity index (χ0v) is 4.55. The summed E-state index contributed by atoms with van der Waals surface area (Å²) in [5.74, 6) is 0. The van der Waals surface area contributed by atoms with Gasteiger partial charge in [0, 0.05) is 0 Å². The molecule has 0 spiro atoms. The summed E-state index contributed by atoms with van der Waals surface area (Å²) in [6, 6.07) is 0. The molecule has 0 unspecified atom stereocenters. The minimum atomic E-state index is -4.02. The molecule has 44 valence electrons. The van der Waals surface area contributed by atoms with E-state index >= 15 is 0 Å². The van der Waals surface area contributed by atoms with E-state index < -0.39 is 11.3 Å². The van der Waals surface area contributed by atoms with E-state index in [0.29, 0.717) is 0 Å². The topological polar surface area (TPSA) is 0 Å². The summed E-state index contributed by atoms with van der Waals surface area (Å²) in [6.45, 7) is 0. The number of rotatable bonds is 1. The van der Waals surface area contributed by atoms with Crippen molar-refractivity contribution >= 4 is 15.9 Å². The van der Waals surface area contributed by atoms with Gasteiger partial charge in [0.25, 0.3) is 0 Å². The SMILES string of the molecule is FC(F)C(F)(F)Br. The summed E-state index contributed by atoms with van der Waals surface area (Å²) in [6.07, 6.45) is -3.62. The summed E-state index contributed by atoms with van der Waals surface area (Å²) in [4.78, 5) is -4.02. The lowest BCUT2D eigenvalue weighted by molar-refractivity contribution is -0.0505. The van der Waals surface area contributed by atoms with Crippen molar-refractivity contribution in [1.82, 2.24) is 0 Å². The lowest BCUT2D eigenvalue weighted by atomic mass is 10.8. The number of hydrogen-bond acceptors (Lipinski definition) is 0. The van der Waals surface area contributed by atoms with Gasteiger partial charge in [-0.25, -0.2) is 8.78 Å². The Morgan fingerprint density at radius 1 is 1.29 bits per heavy atom. The van der Waals surface area contributed by atoms with Crippen LogP contribution in [0.15, 0.2) is 0 Å². The van der Waals surface area contributed by atoms with Crippen LogP contribution in [0.3, 0.4) is 0 Å². The fraction of sp³-hybridized carbons (Fsp3) is 1.00. The van der Waals surface area contributed by atoms with Gasteiger partial charge in [-0.1, -0.05) is 0 Å². The second kappa shape index (κ2) is 1.98. The molecule has 0 rings (SSSR count). The highest BCUT2D eigenvalue weighted by molar-refractivity contribution is 9.10. The van der Waals surface area contributed by atoms with Gasteiger partial charge >= 0.3 is 11.3 Å². The summed E-state index contributed by atoms with van der Waals surface area (Å²) in [7, 11) is 0. The van der Waals surface area contributed by atoms with Crippen molar-refractivity contribution in [3.05, 3.63) is 0 Å². The molecule has 0 N–H and O–H groups in total. The highest BCUT2D eigenvalue weighted by atomic mass is 79.9. The Kier molecular flexibility index (Phi) is 2.04. The molecule has 5 heteroatoms. The van der Waals surface area contributed by atoms with Crippen LogP contribution in [0.1, 0.15) is 0 Å². The molecule has 0 radical (unpaired) electrons. The predicted octanol–water partition coefficient (Wildman–Crippen LogP) is 2.24. The first-order valence-corrected chi connectivity index (χ1v) is 2.09. The molecule has 0 aromatic heterocycles. The van der Waals surface area contributed by atoms with Crippen molar-refractivity contribution in [2.45, 2.75) is 11.3 Å². The van der Waals surface area contributed by atoms with Gasteiger partial charge in [-0.05, 0) is 15.9 Å². The summed E-state index contributed by atoms with van der Waals surface area (Å²) < 4.78 is 43.5. The first-order valence-electron chi connectivity index (χ1n) is 1.29. The van der Waals surface area contributed by atoms with Gasteiger partial charge < -0.3 is 0 Å². The maximum atomic E-state index is 11.0. The molecule has 0 aliphatic rings. The van der Waals surface area contributed by atoms with E-state index in [1.807, 2.05) is 0 Å². The third-order valence-corrected chi connectivity index (χ3v) is 0.594. The molecule has 0 atom stereocenters. The standard InChI is InChI=1S/C2HBrF4/c3-2(6,7)1(4)5/h1H. The highest BCUT2D eigenvalue weighted by Gasteiger charge is 2.36. The third kappa shape index (κ3) is 2.85. The van der Waals surface area contributed by atoms with Crippen molar-refractivity contribution in [3.63, 3.8) is 0 Å². The first-order chi connectivity index (χ1) is 2.94. The summed E-state index contributed by atoms with van der Waals surface area (Å²) in [5, 5.41) is 0. The maximum absolute atomic E-state index is 11.0. The molecule has 0 aliphatic heterocycles. The van der Waals surface area contributed by atoms with E-state index in [1.54, 1.807) is 0 Å². The Hall–Kier alpha value is 0.200. The predicted molar refractivity (Wildman–Crippen MR) is 19.9 cm³/mol. The minimum absolute atomic E-state index is 1.46. The Labute approximate surface area is 45.6 Å². The molecule has 0 aromatic rings. The minimum Gasteiger partial charge on any atom is -0.202 e. The van der Waals surface area contributed by atoms with Crippen molar-refractivity contribution in [2.75, 3.05) is 0 Å². The van der Waals surface area contributed by atoms with Crippen molar-refractivity contribution in [2.24, 2.45) is 0 Å². The first kappa shape index (κ1) is 7.20. The largest absolute Gasteiger partial charge is 0.360 e. The summed E-state index contributed by atoms with van der Waals surface area (Å²) in [5.41, 5.74) is 0. The highest BCUT2D eigenvalue weighted by Crippen LogP contribution is 2.28. The van der Waals surface area contributed by atoms with Crippen LogP contribution in [0.2, 0.25) is 0 Å². The van der Waals surface area contributed by atoms with E-state index in [-0.39, 0.29) is 0 Å². The van der Waals surface area contributed by atoms with E-state index in [9.17, 15) is 17.6 Å². The molecule has 0 saturated heterocycles. The van der Waals surface area contributed by atoms with Crippen molar-refractivity contribution in [3.8, 4) is 0 Å². The van der Waals surface area contributed by atoms with Crippen LogP contribution >= 0.6 is 15.9 Å². The van der Waals surface area contributed by atoms with Crippen LogP contribution in [0, 0.1) is 0 Å². The van der Waals surface area contributed by atoms with Crippen LogP contribution in [0.4, 0.5) is 17.6 Å². The van der Waals surface area contributed by atoms with Crippen molar-refractivity contribution < 1.29 is 17.6 Å². The fourth-order valence-electron chi connectivity index (χ4n) is 0. The van der Waals surface area contributed by atoms with E-state index in [2.05, 4.69) is 0 Å². The molecule has 0 aliphatic carbocycles. The van der Waals surface area contributed by atoms with Crippen LogP contribution in [-0.4, -0.2) is 11.3 Å². The second-order valence-corrected chi connectivity index (χ2v) is 1.90. The zero-order valence-electron chi connectivity index (χ0n) is 2.97. The molecule has 7 heavy (non-hydrogen) atoms. The van der Waals surface area contributed by atoms with Crippen LogP contribution in [-0.2, 0) is 0 Å². The molecule has 0 nitrogen and oxygen atoms in total. The third-order valence-electron chi connectivity index (χ3n) is 0.247. The lowest BCUT2D eigenvalue weighted by Gasteiger charge is -2.03. The van der Waals surface area contributed by atoms with Crippen LogP contribution in [0.5, 0.6) is 0 Å². The van der Waals surface area contributed by atoms with Gasteiger partial charge in [0.1, 0.15) is 0 Å². The van der Waals surface area contributed by atoms with Crippen LogP contribution in [0.25, 0.3) is 0 Å². The van der Waals surface area contributed by atoms with Gasteiger partial charge in [-0.3, -0.25) is 0 Å². The van der Waals surface area contributed by atoms with Crippen LogP contribution < -0.4 is 0 Å². The molecule has 0 amide bonds. The Balaban J connectivity index is 3.54. The van der Waals surface area contributed by atoms with E-state index in [4.69, 9.17) is 0 Å². The quantitative estimate of drug-likeness (QED) is 0.429. The van der Waals surface area contributed by atoms with Gasteiger partial charge in [0.15, 0.2) is 0 Å². The molecule has 0 heterocycles. The average molecular weight is 181 g/mol. The number of alkyl halides is 5. The average Bonchev–Trinajstić information content (AvgIpc) is 1.31. The van der Waals surface area contributed by atoms with Crippen molar-refractivity contribution in [1.29, 1.82) is 0 Å². The Bertz CT molecular complexity index is 55.2. The van der Waals surface area contributed by atoms with Gasteiger partial charge in [0.05, 0.1) is 0 Å². The smallest absolute Gasteiger partial charge is 0.202 e. The van der Waals surface area contributed by atoms with E-state index in [0.717, 1.165) is 0 Å². The fourth-order valence-corrected chi connectivity index (χ4v) is 0. The molecular formula is C2HBrF4. The molecule has 0 saturated carbocycles. The monoisotopic (exact) mass is 180 g/mol. The van der Waals surface area contributed by atoms with E-state index in [1.165, 1.54) is 15.9 Å². The number of hydrogen-bond donors (Lipinski definition) is 0.